The van der Waals surface area contributed by atoms with Crippen LogP contribution in [-0.4, -0.2) is 6.04 Å². The second kappa shape index (κ2) is 7.29. The smallest absolute Gasteiger partial charge is 0.0213 e. The second-order valence-electron chi connectivity index (χ2n) is 6.69. The van der Waals surface area contributed by atoms with E-state index in [1.807, 2.05) is 0 Å². The molecular formula is C14H32N2. The summed E-state index contributed by atoms with van der Waals surface area (Å²) in [6.45, 7) is 13.8. The van der Waals surface area contributed by atoms with Gasteiger partial charge in [-0.1, -0.05) is 54.4 Å². The number of hydrogen-bond donors (Lipinski definition) is 2. The van der Waals surface area contributed by atoms with Crippen molar-refractivity contribution in [1.82, 2.24) is 5.43 Å². The molecular weight excluding hydrogens is 196 g/mol. The van der Waals surface area contributed by atoms with Gasteiger partial charge >= 0.3 is 0 Å². The molecule has 0 heterocycles. The Morgan fingerprint density at radius 1 is 1.06 bits per heavy atom. The molecule has 2 unspecified atom stereocenters. The van der Waals surface area contributed by atoms with Gasteiger partial charge in [-0.2, -0.15) is 0 Å². The summed E-state index contributed by atoms with van der Waals surface area (Å²) in [5.74, 6) is 7.14. The SMILES string of the molecule is CC(C)CCCC(CC(C)C(C)(C)C)NN. The van der Waals surface area contributed by atoms with Gasteiger partial charge in [-0.3, -0.25) is 11.3 Å². The molecule has 0 rings (SSSR count). The minimum Gasteiger partial charge on any atom is -0.271 e. The van der Waals surface area contributed by atoms with E-state index in [2.05, 4.69) is 47.0 Å². The van der Waals surface area contributed by atoms with E-state index < -0.39 is 0 Å². The molecule has 0 saturated carbocycles. The van der Waals surface area contributed by atoms with Gasteiger partial charge in [-0.05, 0) is 30.1 Å². The van der Waals surface area contributed by atoms with Gasteiger partial charge in [-0.25, -0.2) is 0 Å². The lowest BCUT2D eigenvalue weighted by Crippen LogP contribution is -2.38. The standard InChI is InChI=1S/C14H32N2/c1-11(2)8-7-9-13(16-15)10-12(3)14(4,5)6/h11-13,16H,7-10,15H2,1-6H3. The average molecular weight is 228 g/mol. The van der Waals surface area contributed by atoms with Crippen molar-refractivity contribution >= 4 is 0 Å². The van der Waals surface area contributed by atoms with Crippen LogP contribution in [0.3, 0.4) is 0 Å². The first-order valence-corrected chi connectivity index (χ1v) is 6.73. The van der Waals surface area contributed by atoms with Gasteiger partial charge in [0.05, 0.1) is 0 Å². The van der Waals surface area contributed by atoms with E-state index in [1.54, 1.807) is 0 Å². The quantitative estimate of drug-likeness (QED) is 0.515. The number of rotatable bonds is 7. The summed E-state index contributed by atoms with van der Waals surface area (Å²) in [6.07, 6.45) is 4.97. The van der Waals surface area contributed by atoms with Crippen LogP contribution < -0.4 is 11.3 Å². The summed E-state index contributed by atoms with van der Waals surface area (Å²) in [6, 6.07) is 0.480. The van der Waals surface area contributed by atoms with Crippen molar-refractivity contribution in [2.24, 2.45) is 23.1 Å². The number of hydrogen-bond acceptors (Lipinski definition) is 2. The third-order valence-corrected chi connectivity index (χ3v) is 3.69. The molecule has 3 N–H and O–H groups in total. The average Bonchev–Trinajstić information content (AvgIpc) is 2.13. The van der Waals surface area contributed by atoms with Gasteiger partial charge in [0, 0.05) is 6.04 Å². The molecule has 16 heavy (non-hydrogen) atoms. The van der Waals surface area contributed by atoms with Gasteiger partial charge in [0.25, 0.3) is 0 Å². The lowest BCUT2D eigenvalue weighted by atomic mass is 9.78. The maximum atomic E-state index is 5.63. The van der Waals surface area contributed by atoms with E-state index in [-0.39, 0.29) is 0 Å². The molecule has 0 amide bonds. The van der Waals surface area contributed by atoms with E-state index in [0.717, 1.165) is 5.92 Å². The molecule has 0 aliphatic heterocycles. The summed E-state index contributed by atoms with van der Waals surface area (Å²) in [7, 11) is 0. The molecule has 2 heteroatoms. The molecule has 2 nitrogen and oxygen atoms in total. The Balaban J connectivity index is 3.91. The van der Waals surface area contributed by atoms with E-state index >= 15 is 0 Å². The topological polar surface area (TPSA) is 38.0 Å². The Morgan fingerprint density at radius 2 is 1.62 bits per heavy atom. The van der Waals surface area contributed by atoms with E-state index in [4.69, 9.17) is 5.84 Å². The maximum absolute atomic E-state index is 5.63. The molecule has 0 aliphatic rings. The molecule has 0 bridgehead atoms. The van der Waals surface area contributed by atoms with E-state index in [0.29, 0.717) is 17.4 Å². The zero-order valence-electron chi connectivity index (χ0n) is 12.1. The van der Waals surface area contributed by atoms with Crippen LogP contribution in [0.15, 0.2) is 0 Å². The first-order valence-electron chi connectivity index (χ1n) is 6.73. The fourth-order valence-corrected chi connectivity index (χ4v) is 1.82. The zero-order chi connectivity index (χ0) is 12.8. The fourth-order valence-electron chi connectivity index (χ4n) is 1.82. The van der Waals surface area contributed by atoms with Crippen LogP contribution in [0.4, 0.5) is 0 Å². The predicted octanol–water partition coefficient (Wildman–Crippen LogP) is 3.72. The highest BCUT2D eigenvalue weighted by atomic mass is 15.2. The molecule has 2 atom stereocenters. The van der Waals surface area contributed by atoms with Crippen LogP contribution in [-0.2, 0) is 0 Å². The van der Waals surface area contributed by atoms with Gasteiger partial charge in [0.1, 0.15) is 0 Å². The third-order valence-electron chi connectivity index (χ3n) is 3.69. The normalized spacial score (nSPS) is 16.5. The maximum Gasteiger partial charge on any atom is 0.0213 e. The molecule has 0 aromatic heterocycles. The lowest BCUT2D eigenvalue weighted by Gasteiger charge is -2.30. The van der Waals surface area contributed by atoms with Gasteiger partial charge in [-0.15, -0.1) is 0 Å². The van der Waals surface area contributed by atoms with Gasteiger partial charge < -0.3 is 0 Å². The Kier molecular flexibility index (Phi) is 7.25. The van der Waals surface area contributed by atoms with E-state index in [9.17, 15) is 0 Å². The zero-order valence-corrected chi connectivity index (χ0v) is 12.1. The Hall–Kier alpha value is -0.0800. The van der Waals surface area contributed by atoms with Gasteiger partial charge in [0.2, 0.25) is 0 Å². The summed E-state index contributed by atoms with van der Waals surface area (Å²) < 4.78 is 0. The number of nitrogens with one attached hydrogen (secondary N) is 1. The molecule has 0 fully saturated rings. The monoisotopic (exact) mass is 228 g/mol. The minimum atomic E-state index is 0.382. The minimum absolute atomic E-state index is 0.382. The summed E-state index contributed by atoms with van der Waals surface area (Å²) in [5.41, 5.74) is 3.36. The molecule has 0 aliphatic carbocycles. The largest absolute Gasteiger partial charge is 0.271 e. The third kappa shape index (κ3) is 7.24. The summed E-state index contributed by atoms with van der Waals surface area (Å²) in [4.78, 5) is 0. The van der Waals surface area contributed by atoms with Crippen molar-refractivity contribution in [2.75, 3.05) is 0 Å². The van der Waals surface area contributed by atoms with Crippen LogP contribution in [0.5, 0.6) is 0 Å². The van der Waals surface area contributed by atoms with Crippen LogP contribution in [0.2, 0.25) is 0 Å². The Bertz CT molecular complexity index is 170. The molecule has 0 aromatic carbocycles. The van der Waals surface area contributed by atoms with Crippen molar-refractivity contribution < 1.29 is 0 Å². The van der Waals surface area contributed by atoms with E-state index in [1.165, 1.54) is 25.7 Å². The van der Waals surface area contributed by atoms with Crippen molar-refractivity contribution in [1.29, 1.82) is 0 Å². The van der Waals surface area contributed by atoms with Crippen LogP contribution >= 0.6 is 0 Å². The summed E-state index contributed by atoms with van der Waals surface area (Å²) in [5, 5.41) is 0. The van der Waals surface area contributed by atoms with Crippen molar-refractivity contribution in [3.8, 4) is 0 Å². The van der Waals surface area contributed by atoms with Crippen LogP contribution in [0, 0.1) is 17.3 Å². The molecule has 98 valence electrons. The van der Waals surface area contributed by atoms with Crippen molar-refractivity contribution in [3.05, 3.63) is 0 Å². The van der Waals surface area contributed by atoms with Crippen LogP contribution in [0.1, 0.15) is 67.2 Å². The molecule has 0 spiro atoms. The van der Waals surface area contributed by atoms with Crippen molar-refractivity contribution in [3.63, 3.8) is 0 Å². The van der Waals surface area contributed by atoms with Gasteiger partial charge in [0.15, 0.2) is 0 Å². The molecule has 0 radical (unpaired) electrons. The van der Waals surface area contributed by atoms with Crippen LogP contribution in [0.25, 0.3) is 0 Å². The lowest BCUT2D eigenvalue weighted by molar-refractivity contribution is 0.217. The number of nitrogens with two attached hydrogens (primary N) is 1. The second-order valence-corrected chi connectivity index (χ2v) is 6.69. The Labute approximate surface area is 102 Å². The summed E-state index contributed by atoms with van der Waals surface area (Å²) >= 11 is 0. The Morgan fingerprint density at radius 3 is 2.00 bits per heavy atom. The van der Waals surface area contributed by atoms with Crippen molar-refractivity contribution in [2.45, 2.75) is 73.3 Å². The number of hydrazine groups is 1. The first-order chi connectivity index (χ1) is 7.27. The molecule has 0 aromatic rings. The fraction of sp³-hybridized carbons (Fsp3) is 1.00. The first kappa shape index (κ1) is 15.9. The highest BCUT2D eigenvalue weighted by molar-refractivity contribution is 4.76. The highest BCUT2D eigenvalue weighted by Crippen LogP contribution is 2.29. The molecule has 0 saturated heterocycles. The predicted molar refractivity (Wildman–Crippen MR) is 73.0 cm³/mol. The highest BCUT2D eigenvalue weighted by Gasteiger charge is 2.22.